The zero-order chi connectivity index (χ0) is 12.8. The molecule has 0 aromatic carbocycles. The predicted octanol–water partition coefficient (Wildman–Crippen LogP) is -1.20. The van der Waals surface area contributed by atoms with Crippen molar-refractivity contribution in [3.05, 3.63) is 0 Å². The molecule has 0 bridgehead atoms. The number of sulfone groups is 1. The molecule has 0 spiro atoms. The van der Waals surface area contributed by atoms with Crippen molar-refractivity contribution in [3.63, 3.8) is 0 Å². The zero-order valence-electron chi connectivity index (χ0n) is 9.61. The maximum absolute atomic E-state index is 11.3. The van der Waals surface area contributed by atoms with Crippen LogP contribution in [0.2, 0.25) is 0 Å². The van der Waals surface area contributed by atoms with Gasteiger partial charge in [-0.05, 0) is 5.92 Å². The number of aliphatic carboxylic acids is 1. The lowest BCUT2D eigenvalue weighted by atomic mass is 9.85. The third-order valence-corrected chi connectivity index (χ3v) is 5.50. The van der Waals surface area contributed by atoms with Crippen LogP contribution < -0.4 is 0 Å². The summed E-state index contributed by atoms with van der Waals surface area (Å²) in [4.78, 5) is 12.6. The quantitative estimate of drug-likeness (QED) is 0.664. The molecule has 2 saturated heterocycles. The number of carbonyl (C=O) groups is 1. The second-order valence-electron chi connectivity index (χ2n) is 5.05. The van der Waals surface area contributed by atoms with Crippen LogP contribution in [-0.2, 0) is 14.6 Å². The summed E-state index contributed by atoms with van der Waals surface area (Å²) in [6.45, 7) is 2.78. The van der Waals surface area contributed by atoms with E-state index >= 15 is 0 Å². The standard InChI is InChI=1S/C10H17NO5S/c1-6(10(13)14)7-2-11(3-7)8-4-17(15,16)5-9(8)12/h6-9,12H,2-5H2,1H3,(H,13,14). The summed E-state index contributed by atoms with van der Waals surface area (Å²) < 4.78 is 22.7. The third-order valence-electron chi connectivity index (χ3n) is 3.80. The molecule has 6 nitrogen and oxygen atoms in total. The first-order valence-corrected chi connectivity index (χ1v) is 7.47. The molecule has 2 aliphatic heterocycles. The van der Waals surface area contributed by atoms with Gasteiger partial charge >= 0.3 is 5.97 Å². The lowest BCUT2D eigenvalue weighted by molar-refractivity contribution is -0.146. The van der Waals surface area contributed by atoms with Crippen LogP contribution in [0.25, 0.3) is 0 Å². The molecular formula is C10H17NO5S. The Bertz CT molecular complexity index is 414. The number of carboxylic acid groups (broad SMARTS) is 1. The van der Waals surface area contributed by atoms with Crippen molar-refractivity contribution in [1.29, 1.82) is 0 Å². The lowest BCUT2D eigenvalue weighted by Crippen LogP contribution is -2.58. The Kier molecular flexibility index (Phi) is 3.17. The molecule has 3 atom stereocenters. The van der Waals surface area contributed by atoms with Gasteiger partial charge in [0.2, 0.25) is 0 Å². The Hall–Kier alpha value is -0.660. The van der Waals surface area contributed by atoms with Gasteiger partial charge < -0.3 is 10.2 Å². The van der Waals surface area contributed by atoms with Crippen LogP contribution >= 0.6 is 0 Å². The van der Waals surface area contributed by atoms with E-state index in [2.05, 4.69) is 0 Å². The Balaban J connectivity index is 1.90. The number of likely N-dealkylation sites (tertiary alicyclic amines) is 1. The highest BCUT2D eigenvalue weighted by molar-refractivity contribution is 7.91. The van der Waals surface area contributed by atoms with E-state index < -0.39 is 27.8 Å². The van der Waals surface area contributed by atoms with Crippen molar-refractivity contribution >= 4 is 15.8 Å². The van der Waals surface area contributed by atoms with Crippen molar-refractivity contribution in [2.75, 3.05) is 24.6 Å². The van der Waals surface area contributed by atoms with E-state index in [9.17, 15) is 18.3 Å². The fraction of sp³-hybridized carbons (Fsp3) is 0.900. The van der Waals surface area contributed by atoms with Gasteiger partial charge in [0.15, 0.2) is 9.84 Å². The van der Waals surface area contributed by atoms with Crippen LogP contribution in [0.15, 0.2) is 0 Å². The van der Waals surface area contributed by atoms with Crippen LogP contribution in [0.5, 0.6) is 0 Å². The van der Waals surface area contributed by atoms with Crippen molar-refractivity contribution < 1.29 is 23.4 Å². The molecule has 3 unspecified atom stereocenters. The molecule has 2 N–H and O–H groups in total. The molecule has 0 saturated carbocycles. The first-order chi connectivity index (χ1) is 7.80. The van der Waals surface area contributed by atoms with E-state index in [1.54, 1.807) is 6.92 Å². The molecule has 0 radical (unpaired) electrons. The van der Waals surface area contributed by atoms with Gasteiger partial charge in [0.25, 0.3) is 0 Å². The summed E-state index contributed by atoms with van der Waals surface area (Å²) in [5, 5.41) is 18.5. The number of aliphatic hydroxyl groups is 1. The summed E-state index contributed by atoms with van der Waals surface area (Å²) in [6.07, 6.45) is -0.832. The molecule has 2 heterocycles. The minimum absolute atomic E-state index is 0.0116. The number of hydrogen-bond donors (Lipinski definition) is 2. The monoisotopic (exact) mass is 263 g/mol. The normalized spacial score (nSPS) is 35.4. The molecule has 2 fully saturated rings. The van der Waals surface area contributed by atoms with Crippen molar-refractivity contribution in [1.82, 2.24) is 4.90 Å². The Morgan fingerprint density at radius 2 is 1.94 bits per heavy atom. The fourth-order valence-electron chi connectivity index (χ4n) is 2.50. The highest BCUT2D eigenvalue weighted by Crippen LogP contribution is 2.30. The summed E-state index contributed by atoms with van der Waals surface area (Å²) >= 11 is 0. The molecule has 0 aliphatic carbocycles. The average molecular weight is 263 g/mol. The second-order valence-corrected chi connectivity index (χ2v) is 7.21. The predicted molar refractivity (Wildman–Crippen MR) is 60.3 cm³/mol. The number of aliphatic hydroxyl groups excluding tert-OH is 1. The molecule has 0 aromatic heterocycles. The smallest absolute Gasteiger partial charge is 0.306 e. The van der Waals surface area contributed by atoms with E-state index in [1.807, 2.05) is 4.90 Å². The molecule has 98 valence electrons. The Morgan fingerprint density at radius 1 is 1.35 bits per heavy atom. The number of hydrogen-bond acceptors (Lipinski definition) is 5. The van der Waals surface area contributed by atoms with Crippen molar-refractivity contribution in [2.45, 2.75) is 19.1 Å². The van der Waals surface area contributed by atoms with Crippen molar-refractivity contribution in [2.24, 2.45) is 11.8 Å². The Labute approximate surface area is 100 Å². The molecule has 17 heavy (non-hydrogen) atoms. The molecule has 2 rings (SSSR count). The molecule has 7 heteroatoms. The maximum Gasteiger partial charge on any atom is 0.306 e. The van der Waals surface area contributed by atoms with Crippen LogP contribution in [0.1, 0.15) is 6.92 Å². The summed E-state index contributed by atoms with van der Waals surface area (Å²) in [5.41, 5.74) is 0. The van der Waals surface area contributed by atoms with Gasteiger partial charge in [-0.25, -0.2) is 8.42 Å². The number of rotatable bonds is 3. The van der Waals surface area contributed by atoms with Crippen LogP contribution in [0.3, 0.4) is 0 Å². The first-order valence-electron chi connectivity index (χ1n) is 5.65. The van der Waals surface area contributed by atoms with Crippen LogP contribution in [0.4, 0.5) is 0 Å². The SMILES string of the molecule is CC(C(=O)O)C1CN(C2CS(=O)(=O)CC2O)C1. The van der Waals surface area contributed by atoms with Gasteiger partial charge in [0.1, 0.15) is 0 Å². The zero-order valence-corrected chi connectivity index (χ0v) is 10.4. The summed E-state index contributed by atoms with van der Waals surface area (Å²) in [5.74, 6) is -1.37. The van der Waals surface area contributed by atoms with Gasteiger partial charge in [-0.15, -0.1) is 0 Å². The van der Waals surface area contributed by atoms with E-state index in [1.165, 1.54) is 0 Å². The van der Waals surface area contributed by atoms with E-state index in [0.29, 0.717) is 13.1 Å². The number of carboxylic acids is 1. The van der Waals surface area contributed by atoms with Gasteiger partial charge in [-0.1, -0.05) is 6.92 Å². The van der Waals surface area contributed by atoms with E-state index in [-0.39, 0.29) is 23.5 Å². The minimum atomic E-state index is -3.13. The van der Waals surface area contributed by atoms with Gasteiger partial charge in [0.05, 0.1) is 29.6 Å². The molecule has 0 amide bonds. The molecular weight excluding hydrogens is 246 g/mol. The maximum atomic E-state index is 11.3. The highest BCUT2D eigenvalue weighted by atomic mass is 32.2. The first kappa shape index (κ1) is 12.8. The van der Waals surface area contributed by atoms with Gasteiger partial charge in [-0.3, -0.25) is 9.69 Å². The second kappa shape index (κ2) is 4.22. The molecule has 2 aliphatic rings. The van der Waals surface area contributed by atoms with Gasteiger partial charge in [0, 0.05) is 13.1 Å². The minimum Gasteiger partial charge on any atom is -0.481 e. The average Bonchev–Trinajstić information content (AvgIpc) is 2.37. The number of nitrogens with zero attached hydrogens (tertiary/aromatic N) is 1. The largest absolute Gasteiger partial charge is 0.481 e. The van der Waals surface area contributed by atoms with Gasteiger partial charge in [-0.2, -0.15) is 0 Å². The Morgan fingerprint density at radius 3 is 2.35 bits per heavy atom. The summed E-state index contributed by atoms with van der Waals surface area (Å²) in [6, 6.07) is -0.350. The highest BCUT2D eigenvalue weighted by Gasteiger charge is 2.45. The summed E-state index contributed by atoms with van der Waals surface area (Å²) in [7, 11) is -3.13. The van der Waals surface area contributed by atoms with Crippen molar-refractivity contribution in [3.8, 4) is 0 Å². The van der Waals surface area contributed by atoms with E-state index in [4.69, 9.17) is 5.11 Å². The van der Waals surface area contributed by atoms with E-state index in [0.717, 1.165) is 0 Å². The van der Waals surface area contributed by atoms with Crippen LogP contribution in [-0.4, -0.2) is 66.2 Å². The lowest BCUT2D eigenvalue weighted by Gasteiger charge is -2.45. The topological polar surface area (TPSA) is 94.9 Å². The molecule has 0 aromatic rings. The fourth-order valence-corrected chi connectivity index (χ4v) is 4.33. The third kappa shape index (κ3) is 2.46. The van der Waals surface area contributed by atoms with Crippen LogP contribution in [0, 0.1) is 11.8 Å².